The third-order valence-corrected chi connectivity index (χ3v) is 7.75. The minimum absolute atomic E-state index is 0.136. The number of urea groups is 1. The van der Waals surface area contributed by atoms with Crippen LogP contribution in [0.15, 0.2) is 34.2 Å². The summed E-state index contributed by atoms with van der Waals surface area (Å²) in [4.78, 5) is 44.9. The normalized spacial score (nSPS) is 13.9. The number of methoxy groups -OCH3 is 1. The van der Waals surface area contributed by atoms with E-state index in [0.29, 0.717) is 33.4 Å². The number of fused-ring (bicyclic) bond motifs is 3. The van der Waals surface area contributed by atoms with Gasteiger partial charge in [0.2, 0.25) is 5.91 Å². The number of benzene rings is 1. The molecule has 2 aromatic heterocycles. The van der Waals surface area contributed by atoms with Crippen molar-refractivity contribution in [1.29, 1.82) is 0 Å². The highest BCUT2D eigenvalue weighted by molar-refractivity contribution is 8.00. The Bertz CT molecular complexity index is 1250. The van der Waals surface area contributed by atoms with Gasteiger partial charge in [-0.05, 0) is 69.4 Å². The number of ether oxygens (including phenoxy) is 1. The number of hydrogen-bond donors (Lipinski definition) is 2. The van der Waals surface area contributed by atoms with E-state index in [1.54, 1.807) is 61.1 Å². The van der Waals surface area contributed by atoms with E-state index in [2.05, 4.69) is 10.6 Å². The van der Waals surface area contributed by atoms with Crippen LogP contribution in [0.1, 0.15) is 37.1 Å². The Hall–Kier alpha value is -2.85. The molecular weight excluding hydrogens is 460 g/mol. The van der Waals surface area contributed by atoms with Gasteiger partial charge in [0, 0.05) is 11.4 Å². The van der Waals surface area contributed by atoms with Gasteiger partial charge in [0.25, 0.3) is 5.56 Å². The summed E-state index contributed by atoms with van der Waals surface area (Å²) in [5.74, 6) is 0.227. The van der Waals surface area contributed by atoms with E-state index >= 15 is 0 Å². The molecule has 4 rings (SSSR count). The Morgan fingerprint density at radius 1 is 1.24 bits per heavy atom. The first-order chi connectivity index (χ1) is 15.9. The quantitative estimate of drug-likeness (QED) is 0.407. The number of aromatic nitrogens is 2. The molecule has 2 heterocycles. The molecule has 1 aliphatic carbocycles. The molecule has 33 heavy (non-hydrogen) atoms. The third-order valence-electron chi connectivity index (χ3n) is 5.51. The number of thioether (sulfide) groups is 1. The minimum Gasteiger partial charge on any atom is -0.497 e. The molecule has 1 aromatic carbocycles. The maximum absolute atomic E-state index is 13.8. The SMILES string of the molecule is CCNC(=O)NC(=O)C(C)Sc1nc2sc3c(c2c(=O)n1-c1ccc(OC)cc1)CCCC3. The van der Waals surface area contributed by atoms with E-state index in [1.807, 2.05) is 0 Å². The summed E-state index contributed by atoms with van der Waals surface area (Å²) >= 11 is 2.72. The second kappa shape index (κ2) is 9.96. The van der Waals surface area contributed by atoms with Gasteiger partial charge in [0.1, 0.15) is 10.6 Å². The van der Waals surface area contributed by atoms with Crippen LogP contribution >= 0.6 is 23.1 Å². The molecular formula is C23H26N4O4S2. The van der Waals surface area contributed by atoms with Crippen molar-refractivity contribution in [2.45, 2.75) is 49.9 Å². The molecule has 0 bridgehead atoms. The van der Waals surface area contributed by atoms with Crippen LogP contribution < -0.4 is 20.9 Å². The Balaban J connectivity index is 1.79. The first-order valence-corrected chi connectivity index (χ1v) is 12.6. The lowest BCUT2D eigenvalue weighted by Crippen LogP contribution is -2.42. The van der Waals surface area contributed by atoms with E-state index in [-0.39, 0.29) is 5.56 Å². The molecule has 1 atom stereocenters. The Morgan fingerprint density at radius 2 is 1.97 bits per heavy atom. The molecule has 8 nitrogen and oxygen atoms in total. The summed E-state index contributed by atoms with van der Waals surface area (Å²) in [5, 5.41) is 5.32. The van der Waals surface area contributed by atoms with E-state index in [4.69, 9.17) is 9.72 Å². The van der Waals surface area contributed by atoms with Crippen molar-refractivity contribution in [1.82, 2.24) is 20.2 Å². The second-order valence-corrected chi connectivity index (χ2v) is 10.1. The van der Waals surface area contributed by atoms with Crippen molar-refractivity contribution in [2.24, 2.45) is 0 Å². The summed E-state index contributed by atoms with van der Waals surface area (Å²) in [7, 11) is 1.59. The minimum atomic E-state index is -0.643. The van der Waals surface area contributed by atoms with Crippen molar-refractivity contribution in [3.63, 3.8) is 0 Å². The Labute approximate surface area is 199 Å². The predicted octanol–water partition coefficient (Wildman–Crippen LogP) is 3.66. The number of nitrogens with one attached hydrogen (secondary N) is 2. The molecule has 0 fully saturated rings. The summed E-state index contributed by atoms with van der Waals surface area (Å²) in [6, 6.07) is 6.63. The van der Waals surface area contributed by atoms with Gasteiger partial charge >= 0.3 is 6.03 Å². The molecule has 0 radical (unpaired) electrons. The topological polar surface area (TPSA) is 102 Å². The fourth-order valence-corrected chi connectivity index (χ4v) is 6.08. The molecule has 0 saturated heterocycles. The monoisotopic (exact) mass is 486 g/mol. The number of nitrogens with zero attached hydrogens (tertiary/aromatic N) is 2. The van der Waals surface area contributed by atoms with Crippen LogP contribution in [0.25, 0.3) is 15.9 Å². The molecule has 0 aliphatic heterocycles. The van der Waals surface area contributed by atoms with Crippen LogP contribution in [0.5, 0.6) is 5.75 Å². The number of carbonyl (C=O) groups excluding carboxylic acids is 2. The van der Waals surface area contributed by atoms with Crippen molar-refractivity contribution in [3.8, 4) is 11.4 Å². The smallest absolute Gasteiger partial charge is 0.321 e. The maximum atomic E-state index is 13.8. The number of imide groups is 1. The zero-order valence-electron chi connectivity index (χ0n) is 18.8. The van der Waals surface area contributed by atoms with E-state index in [9.17, 15) is 14.4 Å². The van der Waals surface area contributed by atoms with Crippen LogP contribution in [-0.4, -0.2) is 40.4 Å². The van der Waals surface area contributed by atoms with E-state index in [1.165, 1.54) is 4.88 Å². The van der Waals surface area contributed by atoms with Gasteiger partial charge in [0.05, 0.1) is 23.4 Å². The Kier molecular flexibility index (Phi) is 7.04. The first kappa shape index (κ1) is 23.3. The van der Waals surface area contributed by atoms with Crippen LogP contribution in [0.4, 0.5) is 4.79 Å². The zero-order chi connectivity index (χ0) is 23.5. The fourth-order valence-electron chi connectivity index (χ4n) is 3.85. The molecule has 1 aliphatic rings. The lowest BCUT2D eigenvalue weighted by atomic mass is 9.97. The summed E-state index contributed by atoms with van der Waals surface area (Å²) in [5.41, 5.74) is 1.62. The Morgan fingerprint density at radius 3 is 2.67 bits per heavy atom. The molecule has 174 valence electrons. The number of amides is 3. The summed E-state index contributed by atoms with van der Waals surface area (Å²) < 4.78 is 6.81. The lowest BCUT2D eigenvalue weighted by molar-refractivity contribution is -0.119. The maximum Gasteiger partial charge on any atom is 0.321 e. The highest BCUT2D eigenvalue weighted by atomic mass is 32.2. The van der Waals surface area contributed by atoms with Crippen molar-refractivity contribution in [2.75, 3.05) is 13.7 Å². The molecule has 2 N–H and O–H groups in total. The number of carbonyl (C=O) groups is 2. The van der Waals surface area contributed by atoms with Crippen LogP contribution in [-0.2, 0) is 17.6 Å². The zero-order valence-corrected chi connectivity index (χ0v) is 20.4. The molecule has 0 saturated carbocycles. The summed E-state index contributed by atoms with van der Waals surface area (Å²) in [6.07, 6.45) is 4.03. The van der Waals surface area contributed by atoms with Gasteiger partial charge in [-0.1, -0.05) is 11.8 Å². The number of rotatable bonds is 6. The fraction of sp³-hybridized carbons (Fsp3) is 0.391. The second-order valence-electron chi connectivity index (χ2n) is 7.73. The van der Waals surface area contributed by atoms with Crippen molar-refractivity contribution < 1.29 is 14.3 Å². The van der Waals surface area contributed by atoms with Crippen LogP contribution in [0.3, 0.4) is 0 Å². The van der Waals surface area contributed by atoms with Gasteiger partial charge in [-0.2, -0.15) is 0 Å². The highest BCUT2D eigenvalue weighted by Crippen LogP contribution is 2.36. The predicted molar refractivity (Wildman–Crippen MR) is 131 cm³/mol. The van der Waals surface area contributed by atoms with E-state index < -0.39 is 17.2 Å². The molecule has 0 spiro atoms. The van der Waals surface area contributed by atoms with Gasteiger partial charge in [-0.25, -0.2) is 9.78 Å². The first-order valence-electron chi connectivity index (χ1n) is 10.9. The lowest BCUT2D eigenvalue weighted by Gasteiger charge is -2.16. The van der Waals surface area contributed by atoms with Crippen LogP contribution in [0.2, 0.25) is 0 Å². The molecule has 3 aromatic rings. The van der Waals surface area contributed by atoms with Gasteiger partial charge in [-0.15, -0.1) is 11.3 Å². The average Bonchev–Trinajstić information content (AvgIpc) is 3.18. The van der Waals surface area contributed by atoms with E-state index in [0.717, 1.165) is 43.0 Å². The standard InChI is InChI=1S/C23H26N4O4S2/c1-4-24-22(30)25-19(28)13(2)32-23-26-20-18(16-7-5-6-8-17(16)33-20)21(29)27(23)14-9-11-15(31-3)12-10-14/h9-13H,4-8H2,1-3H3,(H2,24,25,28,30). The molecule has 10 heteroatoms. The van der Waals surface area contributed by atoms with Crippen molar-refractivity contribution in [3.05, 3.63) is 45.1 Å². The summed E-state index contributed by atoms with van der Waals surface area (Å²) in [6.45, 7) is 3.88. The number of hydrogen-bond acceptors (Lipinski definition) is 7. The number of aryl methyl sites for hydroxylation is 2. The van der Waals surface area contributed by atoms with Crippen LogP contribution in [0, 0.1) is 0 Å². The highest BCUT2D eigenvalue weighted by Gasteiger charge is 2.25. The number of thiophene rings is 1. The van der Waals surface area contributed by atoms with Gasteiger partial charge in [0.15, 0.2) is 5.16 Å². The molecule has 1 unspecified atom stereocenters. The van der Waals surface area contributed by atoms with Gasteiger partial charge < -0.3 is 10.1 Å². The largest absolute Gasteiger partial charge is 0.497 e. The molecule has 3 amide bonds. The van der Waals surface area contributed by atoms with Crippen molar-refractivity contribution >= 4 is 45.3 Å². The van der Waals surface area contributed by atoms with Gasteiger partial charge in [-0.3, -0.25) is 19.5 Å². The average molecular weight is 487 g/mol. The third kappa shape index (κ3) is 4.77.